The molecule has 0 saturated carbocycles. The number of nitrogens with one attached hydrogen (secondary N) is 1. The maximum Gasteiger partial charge on any atom is 0.234 e. The van der Waals surface area contributed by atoms with Crippen molar-refractivity contribution >= 4 is 33.2 Å². The largest absolute Gasteiger partial charge is 0.343 e. The number of likely N-dealkylation sites (N-methyl/N-ethyl adjacent to an activating group) is 1. The van der Waals surface area contributed by atoms with Gasteiger partial charge in [0.15, 0.2) is 0 Å². The third-order valence-corrected chi connectivity index (χ3v) is 5.51. The lowest BCUT2D eigenvalue weighted by Crippen LogP contribution is -2.37. The van der Waals surface area contributed by atoms with Crippen LogP contribution >= 0.6 is 27.3 Å². The molecule has 2 aromatic carbocycles. The summed E-state index contributed by atoms with van der Waals surface area (Å²) in [4.78, 5) is 15.8. The highest BCUT2D eigenvalue weighted by atomic mass is 79.9. The van der Waals surface area contributed by atoms with E-state index in [1.54, 1.807) is 11.3 Å². The normalized spacial score (nSPS) is 12.1. The highest BCUT2D eigenvalue weighted by molar-refractivity contribution is 9.10. The SMILES string of the molecule is CN(CC(=O)NC(c1ccccc1)c1cccs1)Cc1ccc(Br)cc1. The smallest absolute Gasteiger partial charge is 0.234 e. The summed E-state index contributed by atoms with van der Waals surface area (Å²) in [5, 5.41) is 5.22. The van der Waals surface area contributed by atoms with E-state index in [4.69, 9.17) is 0 Å². The lowest BCUT2D eigenvalue weighted by molar-refractivity contribution is -0.122. The van der Waals surface area contributed by atoms with Gasteiger partial charge in [-0.05, 0) is 41.8 Å². The Kier molecular flexibility index (Phi) is 6.61. The van der Waals surface area contributed by atoms with Crippen molar-refractivity contribution in [2.75, 3.05) is 13.6 Å². The van der Waals surface area contributed by atoms with Crippen molar-refractivity contribution in [2.24, 2.45) is 0 Å². The summed E-state index contributed by atoms with van der Waals surface area (Å²) in [6.45, 7) is 1.08. The number of nitrogens with zero attached hydrogens (tertiary/aromatic N) is 1. The number of hydrogen-bond acceptors (Lipinski definition) is 3. The molecule has 0 fully saturated rings. The highest BCUT2D eigenvalue weighted by Crippen LogP contribution is 2.25. The highest BCUT2D eigenvalue weighted by Gasteiger charge is 2.18. The van der Waals surface area contributed by atoms with Crippen LogP contribution in [0.5, 0.6) is 0 Å². The first-order chi connectivity index (χ1) is 12.6. The summed E-state index contributed by atoms with van der Waals surface area (Å²) in [6, 6.07) is 22.2. The zero-order valence-corrected chi connectivity index (χ0v) is 17.0. The maximum absolute atomic E-state index is 12.6. The molecule has 26 heavy (non-hydrogen) atoms. The quantitative estimate of drug-likeness (QED) is 0.583. The van der Waals surface area contributed by atoms with Gasteiger partial charge < -0.3 is 5.32 Å². The summed E-state index contributed by atoms with van der Waals surface area (Å²) in [7, 11) is 1.96. The molecule has 5 heteroatoms. The van der Waals surface area contributed by atoms with Gasteiger partial charge in [-0.15, -0.1) is 11.3 Å². The van der Waals surface area contributed by atoms with E-state index in [1.165, 1.54) is 5.56 Å². The fourth-order valence-corrected chi connectivity index (χ4v) is 3.90. The van der Waals surface area contributed by atoms with Crippen molar-refractivity contribution in [1.82, 2.24) is 10.2 Å². The molecule has 0 bridgehead atoms. The molecule has 3 aromatic rings. The molecule has 0 aliphatic heterocycles. The molecular weight excluding hydrogens is 408 g/mol. The Morgan fingerprint density at radius 1 is 1.08 bits per heavy atom. The van der Waals surface area contributed by atoms with Crippen molar-refractivity contribution in [2.45, 2.75) is 12.6 Å². The molecule has 0 aliphatic carbocycles. The Morgan fingerprint density at radius 2 is 1.81 bits per heavy atom. The van der Waals surface area contributed by atoms with E-state index in [0.29, 0.717) is 6.54 Å². The van der Waals surface area contributed by atoms with Gasteiger partial charge >= 0.3 is 0 Å². The fourth-order valence-electron chi connectivity index (χ4n) is 2.83. The van der Waals surface area contributed by atoms with Crippen molar-refractivity contribution in [1.29, 1.82) is 0 Å². The number of hydrogen-bond donors (Lipinski definition) is 1. The van der Waals surface area contributed by atoms with Gasteiger partial charge in [0.1, 0.15) is 0 Å². The molecule has 0 spiro atoms. The third-order valence-electron chi connectivity index (χ3n) is 4.05. The molecule has 1 atom stereocenters. The van der Waals surface area contributed by atoms with Crippen LogP contribution in [0.3, 0.4) is 0 Å². The van der Waals surface area contributed by atoms with E-state index < -0.39 is 0 Å². The molecule has 1 N–H and O–H groups in total. The monoisotopic (exact) mass is 428 g/mol. The van der Waals surface area contributed by atoms with Crippen LogP contribution in [0.4, 0.5) is 0 Å². The van der Waals surface area contributed by atoms with Gasteiger partial charge in [0.25, 0.3) is 0 Å². The van der Waals surface area contributed by atoms with Gasteiger partial charge in [0.2, 0.25) is 5.91 Å². The molecule has 1 aromatic heterocycles. The first kappa shape index (κ1) is 18.8. The van der Waals surface area contributed by atoms with Gasteiger partial charge in [-0.25, -0.2) is 0 Å². The Hall–Kier alpha value is -1.95. The Morgan fingerprint density at radius 3 is 2.46 bits per heavy atom. The van der Waals surface area contributed by atoms with Crippen molar-refractivity contribution < 1.29 is 4.79 Å². The van der Waals surface area contributed by atoms with Crippen molar-refractivity contribution in [3.05, 3.63) is 92.6 Å². The standard InChI is InChI=1S/C21H21BrN2OS/c1-24(14-16-9-11-18(22)12-10-16)15-20(25)23-21(19-8-5-13-26-19)17-6-3-2-4-7-17/h2-13,21H,14-15H2,1H3,(H,23,25). The predicted molar refractivity (Wildman–Crippen MR) is 111 cm³/mol. The summed E-state index contributed by atoms with van der Waals surface area (Å²) in [6.07, 6.45) is 0. The van der Waals surface area contributed by atoms with E-state index in [-0.39, 0.29) is 11.9 Å². The predicted octanol–water partition coefficient (Wildman–Crippen LogP) is 4.85. The van der Waals surface area contributed by atoms with Crippen LogP contribution in [0.2, 0.25) is 0 Å². The van der Waals surface area contributed by atoms with E-state index in [2.05, 4.69) is 51.6 Å². The van der Waals surface area contributed by atoms with Gasteiger partial charge in [-0.3, -0.25) is 9.69 Å². The van der Waals surface area contributed by atoms with E-state index in [0.717, 1.165) is 21.5 Å². The Balaban J connectivity index is 1.63. The number of carbonyl (C=O) groups excluding carboxylic acids is 1. The summed E-state index contributed by atoms with van der Waals surface area (Å²) >= 11 is 5.10. The van der Waals surface area contributed by atoms with Crippen molar-refractivity contribution in [3.8, 4) is 0 Å². The van der Waals surface area contributed by atoms with E-state index >= 15 is 0 Å². The second-order valence-electron chi connectivity index (χ2n) is 6.23. The van der Waals surface area contributed by atoms with Crippen LogP contribution in [0.15, 0.2) is 76.6 Å². The zero-order chi connectivity index (χ0) is 18.4. The minimum absolute atomic E-state index is 0.0202. The number of carbonyl (C=O) groups is 1. The first-order valence-corrected chi connectivity index (χ1v) is 10.1. The number of benzene rings is 2. The second kappa shape index (κ2) is 9.12. The van der Waals surface area contributed by atoms with Gasteiger partial charge in [0.05, 0.1) is 12.6 Å². The summed E-state index contributed by atoms with van der Waals surface area (Å²) in [5.74, 6) is 0.0202. The lowest BCUT2D eigenvalue weighted by atomic mass is 10.1. The number of thiophene rings is 1. The van der Waals surface area contributed by atoms with Crippen molar-refractivity contribution in [3.63, 3.8) is 0 Å². The molecular formula is C21H21BrN2OS. The zero-order valence-electron chi connectivity index (χ0n) is 14.6. The third kappa shape index (κ3) is 5.27. The number of rotatable bonds is 7. The number of halogens is 1. The topological polar surface area (TPSA) is 32.3 Å². The van der Waals surface area contributed by atoms with Crippen LogP contribution in [0.25, 0.3) is 0 Å². The second-order valence-corrected chi connectivity index (χ2v) is 8.12. The molecule has 3 rings (SSSR count). The minimum Gasteiger partial charge on any atom is -0.343 e. The summed E-state index contributed by atoms with van der Waals surface area (Å²) in [5.41, 5.74) is 2.28. The lowest BCUT2D eigenvalue weighted by Gasteiger charge is -2.21. The van der Waals surface area contributed by atoms with E-state index in [9.17, 15) is 4.79 Å². The minimum atomic E-state index is -0.107. The molecule has 1 heterocycles. The average Bonchev–Trinajstić information content (AvgIpc) is 3.17. The molecule has 3 nitrogen and oxygen atoms in total. The van der Waals surface area contributed by atoms with E-state index in [1.807, 2.05) is 53.7 Å². The Bertz CT molecular complexity index is 819. The van der Waals surface area contributed by atoms with Gasteiger partial charge in [0, 0.05) is 15.9 Å². The van der Waals surface area contributed by atoms with Crippen LogP contribution in [0, 0.1) is 0 Å². The molecule has 1 unspecified atom stereocenters. The Labute approximate surface area is 166 Å². The fraction of sp³-hybridized carbons (Fsp3) is 0.190. The molecule has 134 valence electrons. The summed E-state index contributed by atoms with van der Waals surface area (Å²) < 4.78 is 1.06. The van der Waals surface area contributed by atoms with Crippen LogP contribution < -0.4 is 5.32 Å². The molecule has 0 radical (unpaired) electrons. The average molecular weight is 429 g/mol. The van der Waals surface area contributed by atoms with Crippen LogP contribution in [-0.2, 0) is 11.3 Å². The molecule has 0 aliphatic rings. The molecule has 0 saturated heterocycles. The van der Waals surface area contributed by atoms with Gasteiger partial charge in [-0.2, -0.15) is 0 Å². The van der Waals surface area contributed by atoms with Crippen LogP contribution in [-0.4, -0.2) is 24.4 Å². The number of amides is 1. The maximum atomic E-state index is 12.6. The van der Waals surface area contributed by atoms with Crippen LogP contribution in [0.1, 0.15) is 22.0 Å². The van der Waals surface area contributed by atoms with Gasteiger partial charge in [-0.1, -0.05) is 64.5 Å². The molecule has 1 amide bonds. The first-order valence-electron chi connectivity index (χ1n) is 8.42.